The Bertz CT molecular complexity index is 658. The number of carbonyl (C=O) groups excluding carboxylic acids is 2. The molecule has 0 atom stereocenters. The topological polar surface area (TPSA) is 75.0 Å². The second-order valence-corrected chi connectivity index (χ2v) is 4.29. The Kier molecular flexibility index (Phi) is 5.19. The molecule has 6 nitrogen and oxygen atoms in total. The fourth-order valence-corrected chi connectivity index (χ4v) is 1.75. The molecule has 0 unspecified atom stereocenters. The van der Waals surface area contributed by atoms with Gasteiger partial charge in [-0.25, -0.2) is 9.59 Å². The van der Waals surface area contributed by atoms with Crippen LogP contribution in [0, 0.1) is 0 Å². The van der Waals surface area contributed by atoms with Crippen molar-refractivity contribution in [3.63, 3.8) is 0 Å². The van der Waals surface area contributed by atoms with Gasteiger partial charge in [0.25, 0.3) is 0 Å². The maximum absolute atomic E-state index is 11.6. The van der Waals surface area contributed by atoms with Gasteiger partial charge in [0.2, 0.25) is 5.76 Å². The van der Waals surface area contributed by atoms with E-state index in [1.807, 2.05) is 0 Å². The highest BCUT2D eigenvalue weighted by Gasteiger charge is 2.12. The zero-order chi connectivity index (χ0) is 15.9. The number of furan rings is 1. The minimum atomic E-state index is -0.546. The first-order valence-electron chi connectivity index (χ1n) is 6.71. The van der Waals surface area contributed by atoms with Gasteiger partial charge in [0.05, 0.1) is 19.3 Å². The van der Waals surface area contributed by atoms with E-state index in [2.05, 4.69) is 4.74 Å². The van der Waals surface area contributed by atoms with Crippen LogP contribution in [-0.2, 0) is 16.1 Å². The molecule has 1 aromatic heterocycles. The standard InChI is InChI=1S/C16H16O6/c1-3-20-15(17)11-5-4-6-12(9-11)21-10-13-7-8-14(22-13)16(18)19-2/h4-9H,3,10H2,1-2H3. The van der Waals surface area contributed by atoms with Gasteiger partial charge in [-0.15, -0.1) is 0 Å². The van der Waals surface area contributed by atoms with E-state index in [4.69, 9.17) is 13.9 Å². The molecule has 0 amide bonds. The number of ether oxygens (including phenoxy) is 3. The number of methoxy groups -OCH3 is 1. The van der Waals surface area contributed by atoms with E-state index in [1.54, 1.807) is 37.3 Å². The van der Waals surface area contributed by atoms with E-state index >= 15 is 0 Å². The van der Waals surface area contributed by atoms with Crippen LogP contribution in [0.1, 0.15) is 33.6 Å². The van der Waals surface area contributed by atoms with Crippen molar-refractivity contribution in [2.45, 2.75) is 13.5 Å². The number of benzene rings is 1. The van der Waals surface area contributed by atoms with Crippen molar-refractivity contribution in [2.75, 3.05) is 13.7 Å². The molecule has 0 bridgehead atoms. The SMILES string of the molecule is CCOC(=O)c1cccc(OCc2ccc(C(=O)OC)o2)c1. The first-order valence-corrected chi connectivity index (χ1v) is 6.71. The summed E-state index contributed by atoms with van der Waals surface area (Å²) in [5.74, 6) is 0.138. The van der Waals surface area contributed by atoms with Crippen LogP contribution in [0.3, 0.4) is 0 Å². The highest BCUT2D eigenvalue weighted by Crippen LogP contribution is 2.17. The molecule has 0 saturated heterocycles. The molecule has 22 heavy (non-hydrogen) atoms. The fraction of sp³-hybridized carbons (Fsp3) is 0.250. The maximum Gasteiger partial charge on any atom is 0.373 e. The lowest BCUT2D eigenvalue weighted by atomic mass is 10.2. The molecule has 0 spiro atoms. The zero-order valence-corrected chi connectivity index (χ0v) is 12.3. The quantitative estimate of drug-likeness (QED) is 0.764. The molecule has 2 rings (SSSR count). The van der Waals surface area contributed by atoms with Gasteiger partial charge in [0.15, 0.2) is 0 Å². The first kappa shape index (κ1) is 15.6. The predicted molar refractivity (Wildman–Crippen MR) is 76.8 cm³/mol. The Balaban J connectivity index is 1.99. The number of hydrogen-bond donors (Lipinski definition) is 0. The lowest BCUT2D eigenvalue weighted by Crippen LogP contribution is -2.05. The normalized spacial score (nSPS) is 10.1. The third-order valence-electron chi connectivity index (χ3n) is 2.77. The van der Waals surface area contributed by atoms with Crippen LogP contribution in [0.25, 0.3) is 0 Å². The summed E-state index contributed by atoms with van der Waals surface area (Å²) in [5.41, 5.74) is 0.411. The summed E-state index contributed by atoms with van der Waals surface area (Å²) < 4.78 is 20.3. The van der Waals surface area contributed by atoms with Gasteiger partial charge in [0, 0.05) is 0 Å². The maximum atomic E-state index is 11.6. The molecule has 2 aromatic rings. The van der Waals surface area contributed by atoms with Gasteiger partial charge >= 0.3 is 11.9 Å². The van der Waals surface area contributed by atoms with Crippen LogP contribution in [-0.4, -0.2) is 25.7 Å². The lowest BCUT2D eigenvalue weighted by Gasteiger charge is -2.06. The molecule has 1 aromatic carbocycles. The zero-order valence-electron chi connectivity index (χ0n) is 12.3. The van der Waals surface area contributed by atoms with Gasteiger partial charge in [0.1, 0.15) is 18.1 Å². The molecular formula is C16H16O6. The van der Waals surface area contributed by atoms with Crippen LogP contribution in [0.15, 0.2) is 40.8 Å². The summed E-state index contributed by atoms with van der Waals surface area (Å²) in [5, 5.41) is 0. The van der Waals surface area contributed by atoms with Gasteiger partial charge in [-0.2, -0.15) is 0 Å². The van der Waals surface area contributed by atoms with Gasteiger partial charge < -0.3 is 18.6 Å². The average molecular weight is 304 g/mol. The van der Waals surface area contributed by atoms with E-state index in [1.165, 1.54) is 13.2 Å². The van der Waals surface area contributed by atoms with Crippen LogP contribution in [0.4, 0.5) is 0 Å². The third-order valence-corrected chi connectivity index (χ3v) is 2.77. The van der Waals surface area contributed by atoms with Crippen molar-refractivity contribution in [1.82, 2.24) is 0 Å². The Morgan fingerprint density at radius 3 is 2.68 bits per heavy atom. The summed E-state index contributed by atoms with van der Waals surface area (Å²) in [7, 11) is 1.28. The van der Waals surface area contributed by atoms with Crippen molar-refractivity contribution in [3.05, 3.63) is 53.5 Å². The van der Waals surface area contributed by atoms with Crippen molar-refractivity contribution < 1.29 is 28.2 Å². The van der Waals surface area contributed by atoms with E-state index < -0.39 is 11.9 Å². The lowest BCUT2D eigenvalue weighted by molar-refractivity contribution is 0.0523. The number of carbonyl (C=O) groups is 2. The van der Waals surface area contributed by atoms with Crippen molar-refractivity contribution in [1.29, 1.82) is 0 Å². The molecule has 0 fully saturated rings. The van der Waals surface area contributed by atoms with E-state index in [9.17, 15) is 9.59 Å². The second-order valence-electron chi connectivity index (χ2n) is 4.29. The average Bonchev–Trinajstić information content (AvgIpc) is 3.01. The molecule has 0 radical (unpaired) electrons. The summed E-state index contributed by atoms with van der Waals surface area (Å²) in [6.07, 6.45) is 0. The number of rotatable bonds is 6. The van der Waals surface area contributed by atoms with Crippen molar-refractivity contribution in [3.8, 4) is 5.75 Å². The Morgan fingerprint density at radius 2 is 1.95 bits per heavy atom. The highest BCUT2D eigenvalue weighted by molar-refractivity contribution is 5.89. The molecule has 0 saturated carbocycles. The van der Waals surface area contributed by atoms with Gasteiger partial charge in [-0.3, -0.25) is 0 Å². The summed E-state index contributed by atoms with van der Waals surface area (Å²) in [6, 6.07) is 9.78. The molecular weight excluding hydrogens is 288 g/mol. The van der Waals surface area contributed by atoms with Crippen LogP contribution in [0.2, 0.25) is 0 Å². The Labute approximate surface area is 127 Å². The summed E-state index contributed by atoms with van der Waals surface area (Å²) >= 11 is 0. The molecule has 0 N–H and O–H groups in total. The van der Waals surface area contributed by atoms with E-state index in [-0.39, 0.29) is 12.4 Å². The molecule has 1 heterocycles. The van der Waals surface area contributed by atoms with Gasteiger partial charge in [-0.05, 0) is 37.3 Å². The minimum absolute atomic E-state index is 0.112. The largest absolute Gasteiger partial charge is 0.486 e. The van der Waals surface area contributed by atoms with E-state index in [0.717, 1.165) is 0 Å². The Morgan fingerprint density at radius 1 is 1.14 bits per heavy atom. The second kappa shape index (κ2) is 7.31. The van der Waals surface area contributed by atoms with E-state index in [0.29, 0.717) is 23.7 Å². The van der Waals surface area contributed by atoms with Crippen LogP contribution >= 0.6 is 0 Å². The number of esters is 2. The Hall–Kier alpha value is -2.76. The van der Waals surface area contributed by atoms with Crippen LogP contribution < -0.4 is 4.74 Å². The smallest absolute Gasteiger partial charge is 0.373 e. The monoisotopic (exact) mass is 304 g/mol. The highest BCUT2D eigenvalue weighted by atomic mass is 16.5. The minimum Gasteiger partial charge on any atom is -0.486 e. The third kappa shape index (κ3) is 3.88. The van der Waals surface area contributed by atoms with Gasteiger partial charge in [-0.1, -0.05) is 6.07 Å². The first-order chi connectivity index (χ1) is 10.6. The fourth-order valence-electron chi connectivity index (χ4n) is 1.75. The predicted octanol–water partition coefficient (Wildman–Crippen LogP) is 2.82. The molecule has 0 aliphatic rings. The molecule has 6 heteroatoms. The van der Waals surface area contributed by atoms with Crippen LogP contribution in [0.5, 0.6) is 5.75 Å². The van der Waals surface area contributed by atoms with Crippen molar-refractivity contribution >= 4 is 11.9 Å². The summed E-state index contributed by atoms with van der Waals surface area (Å²) in [6.45, 7) is 2.18. The molecule has 0 aliphatic carbocycles. The molecule has 0 aliphatic heterocycles. The molecule has 116 valence electrons. The van der Waals surface area contributed by atoms with Crippen molar-refractivity contribution in [2.24, 2.45) is 0 Å². The summed E-state index contributed by atoms with van der Waals surface area (Å²) in [4.78, 5) is 22.9. The number of hydrogen-bond acceptors (Lipinski definition) is 6.